The Balaban J connectivity index is 5.21. The lowest BCUT2D eigenvalue weighted by molar-refractivity contribution is -0.161. The maximum Gasteiger partial charge on any atom is 0.472 e. The van der Waals surface area contributed by atoms with Gasteiger partial charge in [-0.1, -0.05) is 388 Å². The first-order chi connectivity index (χ1) is 49.4. The standard InChI is InChI=1S/C83H162O17P2/c1-7-10-12-14-16-18-19-20-21-22-23-24-25-26-29-33-36-43-49-55-61-67-82(87)99-79(72-94-81(86)66-60-54-48-42-35-32-30-27-28-31-34-40-45-51-57-63-75(4)5)74-98-102(91,92)96-70-77(84)69-95-101(89,90)97-73-78(71-93-80(85)65-59-53-47-39-17-15-13-11-8-2)100-83(88)68-62-56-50-44-38-37-41-46-52-58-64-76(6)9-3/h75-79,84H,7-74H2,1-6H3,(H,89,90)(H,91,92)/t76?,77-,78+,79+/m0/s1. The number of hydrogen-bond acceptors (Lipinski definition) is 15. The van der Waals surface area contributed by atoms with Gasteiger partial charge < -0.3 is 33.8 Å². The smallest absolute Gasteiger partial charge is 0.462 e. The Morgan fingerprint density at radius 3 is 0.745 bits per heavy atom. The van der Waals surface area contributed by atoms with Crippen molar-refractivity contribution in [1.29, 1.82) is 0 Å². The number of ether oxygens (including phenoxy) is 4. The molecule has 6 atom stereocenters. The van der Waals surface area contributed by atoms with Gasteiger partial charge in [-0.25, -0.2) is 9.13 Å². The fourth-order valence-corrected chi connectivity index (χ4v) is 14.4. The van der Waals surface area contributed by atoms with E-state index in [9.17, 15) is 43.2 Å². The van der Waals surface area contributed by atoms with Crippen LogP contribution in [0.1, 0.15) is 440 Å². The number of phosphoric acid groups is 2. The lowest BCUT2D eigenvalue weighted by atomic mass is 9.99. The Hall–Kier alpha value is -1.94. The first kappa shape index (κ1) is 100. The Kier molecular flexibility index (Phi) is 73.1. The van der Waals surface area contributed by atoms with E-state index in [-0.39, 0.29) is 25.7 Å². The van der Waals surface area contributed by atoms with E-state index in [0.29, 0.717) is 25.7 Å². The quantitative estimate of drug-likeness (QED) is 0.0222. The molecule has 19 heteroatoms. The van der Waals surface area contributed by atoms with Gasteiger partial charge in [0.25, 0.3) is 0 Å². The van der Waals surface area contributed by atoms with Gasteiger partial charge in [0.1, 0.15) is 19.3 Å². The Bertz CT molecular complexity index is 1960. The van der Waals surface area contributed by atoms with Gasteiger partial charge in [0.2, 0.25) is 0 Å². The number of aliphatic hydroxyl groups is 1. The molecule has 0 aliphatic heterocycles. The van der Waals surface area contributed by atoms with Crippen LogP contribution in [0, 0.1) is 11.8 Å². The Morgan fingerprint density at radius 1 is 0.284 bits per heavy atom. The minimum atomic E-state index is -4.96. The predicted molar refractivity (Wildman–Crippen MR) is 418 cm³/mol. The number of carbonyl (C=O) groups excluding carboxylic acids is 4. The second-order valence-corrected chi connectivity index (χ2v) is 33.5. The largest absolute Gasteiger partial charge is 0.472 e. The van der Waals surface area contributed by atoms with Gasteiger partial charge in [0.05, 0.1) is 26.4 Å². The molecule has 0 aliphatic carbocycles. The van der Waals surface area contributed by atoms with Crippen LogP contribution in [-0.2, 0) is 65.4 Å². The Morgan fingerprint density at radius 2 is 0.500 bits per heavy atom. The van der Waals surface area contributed by atoms with E-state index < -0.39 is 97.5 Å². The molecule has 0 heterocycles. The molecule has 0 aromatic rings. The minimum Gasteiger partial charge on any atom is -0.462 e. The summed E-state index contributed by atoms with van der Waals surface area (Å²) in [5, 5.41) is 10.6. The number of unbranched alkanes of at least 4 members (excludes halogenated alkanes) is 51. The summed E-state index contributed by atoms with van der Waals surface area (Å²) < 4.78 is 68.7. The average molecular weight is 1490 g/mol. The third-order valence-electron chi connectivity index (χ3n) is 19.8. The van der Waals surface area contributed by atoms with Crippen LogP contribution in [0.15, 0.2) is 0 Å². The SMILES string of the molecule is CCCCCCCCCCCCCCCCCCCCCCCC(=O)O[C@H](COC(=O)CCCCCCCCCCCCCCCCCC(C)C)COP(=O)(O)OC[C@@H](O)COP(=O)(O)OC[C@@H](COC(=O)CCCCCCCCCCC)OC(=O)CCCCCCCCCCCCC(C)CC. The minimum absolute atomic E-state index is 0.107. The number of esters is 4. The second kappa shape index (κ2) is 74.5. The molecule has 0 aliphatic rings. The topological polar surface area (TPSA) is 237 Å². The molecular formula is C83H162O17P2. The molecule has 0 spiro atoms. The summed E-state index contributed by atoms with van der Waals surface area (Å²) in [7, 11) is -9.92. The zero-order chi connectivity index (χ0) is 74.9. The normalized spacial score (nSPS) is 14.1. The van der Waals surface area contributed by atoms with Crippen molar-refractivity contribution in [2.45, 2.75) is 458 Å². The van der Waals surface area contributed by atoms with Gasteiger partial charge in [-0.05, 0) is 37.5 Å². The van der Waals surface area contributed by atoms with Crippen LogP contribution in [0.4, 0.5) is 0 Å². The van der Waals surface area contributed by atoms with Crippen molar-refractivity contribution >= 4 is 39.5 Å². The van der Waals surface area contributed by atoms with E-state index in [2.05, 4.69) is 41.5 Å². The molecule has 3 N–H and O–H groups in total. The molecule has 0 radical (unpaired) electrons. The fourth-order valence-electron chi connectivity index (χ4n) is 12.9. The highest BCUT2D eigenvalue weighted by atomic mass is 31.2. The summed E-state index contributed by atoms with van der Waals surface area (Å²) >= 11 is 0. The highest BCUT2D eigenvalue weighted by Crippen LogP contribution is 2.45. The van der Waals surface area contributed by atoms with Gasteiger partial charge in [-0.2, -0.15) is 0 Å². The molecule has 17 nitrogen and oxygen atoms in total. The van der Waals surface area contributed by atoms with E-state index in [1.807, 2.05) is 0 Å². The van der Waals surface area contributed by atoms with Crippen molar-refractivity contribution in [3.8, 4) is 0 Å². The molecule has 3 unspecified atom stereocenters. The summed E-state index contributed by atoms with van der Waals surface area (Å²) in [5.74, 6) is -0.498. The number of hydrogen-bond donors (Lipinski definition) is 3. The summed E-state index contributed by atoms with van der Waals surface area (Å²) in [6.07, 6.45) is 65.3. The zero-order valence-electron chi connectivity index (χ0n) is 66.9. The van der Waals surface area contributed by atoms with Crippen LogP contribution in [-0.4, -0.2) is 96.7 Å². The lowest BCUT2D eigenvalue weighted by Gasteiger charge is -2.21. The summed E-state index contributed by atoms with van der Waals surface area (Å²) in [6, 6.07) is 0. The van der Waals surface area contributed by atoms with Crippen LogP contribution in [0.5, 0.6) is 0 Å². The second-order valence-electron chi connectivity index (χ2n) is 30.6. The third-order valence-corrected chi connectivity index (χ3v) is 21.7. The van der Waals surface area contributed by atoms with Crippen molar-refractivity contribution in [3.63, 3.8) is 0 Å². The molecule has 0 fully saturated rings. The maximum absolute atomic E-state index is 13.1. The molecule has 0 aromatic carbocycles. The van der Waals surface area contributed by atoms with Crippen LogP contribution < -0.4 is 0 Å². The van der Waals surface area contributed by atoms with Gasteiger partial charge in [0.15, 0.2) is 12.2 Å². The number of phosphoric ester groups is 2. The van der Waals surface area contributed by atoms with Crippen molar-refractivity contribution in [1.82, 2.24) is 0 Å². The zero-order valence-corrected chi connectivity index (χ0v) is 68.7. The van der Waals surface area contributed by atoms with Gasteiger partial charge in [-0.3, -0.25) is 37.3 Å². The van der Waals surface area contributed by atoms with Crippen molar-refractivity contribution in [3.05, 3.63) is 0 Å². The monoisotopic (exact) mass is 1490 g/mol. The molecule has 0 bridgehead atoms. The number of aliphatic hydroxyl groups excluding tert-OH is 1. The molecular weight excluding hydrogens is 1330 g/mol. The van der Waals surface area contributed by atoms with Crippen LogP contribution in [0.2, 0.25) is 0 Å². The molecule has 102 heavy (non-hydrogen) atoms. The highest BCUT2D eigenvalue weighted by Gasteiger charge is 2.30. The lowest BCUT2D eigenvalue weighted by Crippen LogP contribution is -2.30. The van der Waals surface area contributed by atoms with Gasteiger partial charge >= 0.3 is 39.5 Å². The van der Waals surface area contributed by atoms with E-state index in [0.717, 1.165) is 102 Å². The summed E-state index contributed by atoms with van der Waals surface area (Å²) in [6.45, 7) is 9.68. The van der Waals surface area contributed by atoms with Crippen LogP contribution in [0.25, 0.3) is 0 Å². The predicted octanol–water partition coefficient (Wildman–Crippen LogP) is 25.1. The molecule has 0 amide bonds. The third kappa shape index (κ3) is 74.9. The van der Waals surface area contributed by atoms with Gasteiger partial charge in [-0.15, -0.1) is 0 Å². The van der Waals surface area contributed by atoms with Gasteiger partial charge in [0, 0.05) is 25.7 Å². The summed E-state index contributed by atoms with van der Waals surface area (Å²) in [5.41, 5.74) is 0. The maximum atomic E-state index is 13.1. The number of rotatable bonds is 82. The highest BCUT2D eigenvalue weighted by molar-refractivity contribution is 7.47. The average Bonchev–Trinajstić information content (AvgIpc) is 0.949. The van der Waals surface area contributed by atoms with Crippen molar-refractivity contribution in [2.24, 2.45) is 11.8 Å². The molecule has 0 saturated carbocycles. The van der Waals surface area contributed by atoms with E-state index >= 15 is 0 Å². The molecule has 0 saturated heterocycles. The van der Waals surface area contributed by atoms with Crippen molar-refractivity contribution < 1.29 is 80.2 Å². The Labute approximate surface area is 626 Å². The van der Waals surface area contributed by atoms with E-state index in [4.69, 9.17) is 37.0 Å². The van der Waals surface area contributed by atoms with E-state index in [1.165, 1.54) is 257 Å². The van der Waals surface area contributed by atoms with Crippen LogP contribution in [0.3, 0.4) is 0 Å². The molecule has 0 aromatic heterocycles. The first-order valence-electron chi connectivity index (χ1n) is 43.0. The molecule has 606 valence electrons. The first-order valence-corrected chi connectivity index (χ1v) is 46.0. The van der Waals surface area contributed by atoms with Crippen LogP contribution >= 0.6 is 15.6 Å². The summed E-state index contributed by atoms with van der Waals surface area (Å²) in [4.78, 5) is 73.0. The molecule has 0 rings (SSSR count). The fraction of sp³-hybridized carbons (Fsp3) is 0.952. The van der Waals surface area contributed by atoms with E-state index in [1.54, 1.807) is 0 Å². The van der Waals surface area contributed by atoms with Crippen molar-refractivity contribution in [2.75, 3.05) is 39.6 Å². The number of carbonyl (C=O) groups is 4.